The van der Waals surface area contributed by atoms with Crippen LogP contribution in [-0.2, 0) is 19.3 Å². The average molecular weight is 330 g/mol. The molecule has 0 spiro atoms. The van der Waals surface area contributed by atoms with Gasteiger partial charge in [0.2, 0.25) is 11.6 Å². The number of allylic oxidation sites excluding steroid dienone is 3. The molecule has 0 aliphatic carbocycles. The average Bonchev–Trinajstić information content (AvgIpc) is 2.64. The first kappa shape index (κ1) is 18.3. The predicted molar refractivity (Wildman–Crippen MR) is 103 cm³/mol. The van der Waals surface area contributed by atoms with E-state index in [-0.39, 0.29) is 0 Å². The van der Waals surface area contributed by atoms with Crippen molar-refractivity contribution in [1.82, 2.24) is 0 Å². The van der Waals surface area contributed by atoms with Gasteiger partial charge >= 0.3 is 0 Å². The molecule has 0 bridgehead atoms. The molecule has 0 saturated heterocycles. The Balaban J connectivity index is 2.55. The van der Waals surface area contributed by atoms with Crippen LogP contribution in [0.5, 0.6) is 0 Å². The monoisotopic (exact) mass is 330 g/mol. The lowest BCUT2D eigenvalue weighted by molar-refractivity contribution is 0.0816. The molecule has 2 nitrogen and oxygen atoms in total. The second kappa shape index (κ2) is 8.74. The van der Waals surface area contributed by atoms with Crippen molar-refractivity contribution in [2.24, 2.45) is 0 Å². The Labute approximate surface area is 149 Å². The minimum absolute atomic E-state index is 0.400. The molecule has 0 aromatic heterocycles. The molecule has 0 radical (unpaired) electrons. The van der Waals surface area contributed by atoms with Gasteiger partial charge < -0.3 is 0 Å². The van der Waals surface area contributed by atoms with Gasteiger partial charge in [-0.05, 0) is 36.0 Å². The first-order valence-corrected chi connectivity index (χ1v) is 8.24. The summed E-state index contributed by atoms with van der Waals surface area (Å²) in [6.45, 7) is 11.4. The fraction of sp³-hybridized carbons (Fsp3) is 0.130. The van der Waals surface area contributed by atoms with Gasteiger partial charge in [0.25, 0.3) is 0 Å². The van der Waals surface area contributed by atoms with E-state index in [4.69, 9.17) is 0 Å². The summed E-state index contributed by atoms with van der Waals surface area (Å²) in [5.41, 5.74) is 3.82. The van der Waals surface area contributed by atoms with Gasteiger partial charge in [0.1, 0.15) is 0 Å². The van der Waals surface area contributed by atoms with Crippen LogP contribution in [-0.4, -0.2) is 11.6 Å². The summed E-state index contributed by atoms with van der Waals surface area (Å²) in [7, 11) is 0. The van der Waals surface area contributed by atoms with E-state index in [0.717, 1.165) is 16.7 Å². The first-order valence-electron chi connectivity index (χ1n) is 8.24. The molecule has 2 rings (SSSR count). The van der Waals surface area contributed by atoms with Crippen LogP contribution in [0.4, 0.5) is 0 Å². The Morgan fingerprint density at radius 2 is 1.32 bits per heavy atom. The highest BCUT2D eigenvalue weighted by molar-refractivity contribution is 6.49. The zero-order chi connectivity index (χ0) is 18.2. The highest BCUT2D eigenvalue weighted by atomic mass is 16.2. The van der Waals surface area contributed by atoms with Gasteiger partial charge in [-0.2, -0.15) is 0 Å². The molecule has 25 heavy (non-hydrogen) atoms. The molecule has 0 fully saturated rings. The van der Waals surface area contributed by atoms with E-state index in [0.29, 0.717) is 30.4 Å². The molecule has 0 heterocycles. The third-order valence-electron chi connectivity index (χ3n) is 4.08. The van der Waals surface area contributed by atoms with Crippen molar-refractivity contribution in [3.8, 4) is 0 Å². The number of Topliss-reactive ketones (excluding diaryl/α,β-unsaturated/α-hetero) is 2. The van der Waals surface area contributed by atoms with Crippen LogP contribution in [0, 0.1) is 0 Å². The molecular formula is C23H22O2. The molecule has 2 aromatic rings. The van der Waals surface area contributed by atoms with Crippen molar-refractivity contribution in [2.75, 3.05) is 0 Å². The number of carbonyl (C=O) groups excluding carboxylic acids is 2. The van der Waals surface area contributed by atoms with E-state index >= 15 is 0 Å². The Kier molecular flexibility index (Phi) is 6.41. The molecule has 0 atom stereocenters. The van der Waals surface area contributed by atoms with Crippen LogP contribution in [0.15, 0.2) is 80.4 Å². The maximum atomic E-state index is 12.8. The van der Waals surface area contributed by atoms with Gasteiger partial charge in [0.05, 0.1) is 0 Å². The SMILES string of the molecule is C=CCc1ccc(C(=O)C(=O)c2ccccc2)c(CC=C)c1CC=C. The summed E-state index contributed by atoms with van der Waals surface area (Å²) in [4.78, 5) is 25.4. The van der Waals surface area contributed by atoms with Crippen LogP contribution >= 0.6 is 0 Å². The lowest BCUT2D eigenvalue weighted by Crippen LogP contribution is -2.18. The van der Waals surface area contributed by atoms with Crippen LogP contribution in [0.1, 0.15) is 37.4 Å². The van der Waals surface area contributed by atoms with Gasteiger partial charge in [0.15, 0.2) is 0 Å². The fourth-order valence-corrected chi connectivity index (χ4v) is 2.92. The molecule has 0 saturated carbocycles. The van der Waals surface area contributed by atoms with Crippen LogP contribution in [0.3, 0.4) is 0 Å². The largest absolute Gasteiger partial charge is 0.285 e. The number of benzene rings is 2. The minimum atomic E-state index is -0.494. The third-order valence-corrected chi connectivity index (χ3v) is 4.08. The lowest BCUT2D eigenvalue weighted by Gasteiger charge is -2.16. The van der Waals surface area contributed by atoms with E-state index in [1.54, 1.807) is 36.4 Å². The second-order valence-electron chi connectivity index (χ2n) is 5.73. The summed E-state index contributed by atoms with van der Waals surface area (Å²) in [5, 5.41) is 0. The zero-order valence-corrected chi connectivity index (χ0v) is 14.3. The van der Waals surface area contributed by atoms with Crippen molar-refractivity contribution >= 4 is 11.6 Å². The van der Waals surface area contributed by atoms with Gasteiger partial charge in [-0.15, -0.1) is 19.7 Å². The van der Waals surface area contributed by atoms with E-state index in [1.807, 2.05) is 24.3 Å². The van der Waals surface area contributed by atoms with Crippen molar-refractivity contribution in [1.29, 1.82) is 0 Å². The molecule has 0 N–H and O–H groups in total. The third kappa shape index (κ3) is 4.10. The van der Waals surface area contributed by atoms with Crippen LogP contribution in [0.2, 0.25) is 0 Å². The maximum Gasteiger partial charge on any atom is 0.233 e. The van der Waals surface area contributed by atoms with E-state index in [9.17, 15) is 9.59 Å². The Morgan fingerprint density at radius 3 is 1.92 bits per heavy atom. The Morgan fingerprint density at radius 1 is 0.720 bits per heavy atom. The van der Waals surface area contributed by atoms with Gasteiger partial charge in [0, 0.05) is 11.1 Å². The maximum absolute atomic E-state index is 12.8. The standard InChI is InChI=1S/C23H22O2/c1-4-10-17-15-16-21(20(12-6-3)19(17)11-5-2)23(25)22(24)18-13-8-7-9-14-18/h4-9,13-16H,1-3,10-12H2. The fourth-order valence-electron chi connectivity index (χ4n) is 2.92. The highest BCUT2D eigenvalue weighted by Crippen LogP contribution is 2.24. The normalized spacial score (nSPS) is 10.1. The zero-order valence-electron chi connectivity index (χ0n) is 14.3. The molecule has 2 heteroatoms. The van der Waals surface area contributed by atoms with Crippen molar-refractivity contribution < 1.29 is 9.59 Å². The Bertz CT molecular complexity index is 813. The molecule has 2 aromatic carbocycles. The van der Waals surface area contributed by atoms with Crippen molar-refractivity contribution in [2.45, 2.75) is 19.3 Å². The quantitative estimate of drug-likeness (QED) is 0.371. The topological polar surface area (TPSA) is 34.1 Å². The predicted octanol–water partition coefficient (Wildman–Crippen LogP) is 4.94. The van der Waals surface area contributed by atoms with E-state index < -0.39 is 11.6 Å². The number of carbonyl (C=O) groups is 2. The second-order valence-corrected chi connectivity index (χ2v) is 5.73. The van der Waals surface area contributed by atoms with Gasteiger partial charge in [-0.1, -0.05) is 60.7 Å². The van der Waals surface area contributed by atoms with Gasteiger partial charge in [-0.3, -0.25) is 9.59 Å². The van der Waals surface area contributed by atoms with E-state index in [1.165, 1.54) is 0 Å². The number of hydrogen-bond donors (Lipinski definition) is 0. The van der Waals surface area contributed by atoms with Crippen molar-refractivity contribution in [3.05, 3.63) is 108 Å². The number of ketones is 2. The van der Waals surface area contributed by atoms with E-state index in [2.05, 4.69) is 19.7 Å². The minimum Gasteiger partial charge on any atom is -0.285 e. The lowest BCUT2D eigenvalue weighted by atomic mass is 9.87. The molecule has 0 amide bonds. The summed E-state index contributed by atoms with van der Waals surface area (Å²) in [6, 6.07) is 12.3. The van der Waals surface area contributed by atoms with Crippen LogP contribution in [0.25, 0.3) is 0 Å². The highest BCUT2D eigenvalue weighted by Gasteiger charge is 2.23. The Hall–Kier alpha value is -3.00. The number of rotatable bonds is 9. The first-order chi connectivity index (χ1) is 12.1. The molecule has 0 aliphatic rings. The number of hydrogen-bond acceptors (Lipinski definition) is 2. The summed E-state index contributed by atoms with van der Waals surface area (Å²) < 4.78 is 0. The van der Waals surface area contributed by atoms with Gasteiger partial charge in [-0.25, -0.2) is 0 Å². The molecule has 0 aliphatic heterocycles. The van der Waals surface area contributed by atoms with Crippen LogP contribution < -0.4 is 0 Å². The molecule has 0 unspecified atom stereocenters. The van der Waals surface area contributed by atoms with Crippen molar-refractivity contribution in [3.63, 3.8) is 0 Å². The smallest absolute Gasteiger partial charge is 0.233 e. The summed E-state index contributed by atoms with van der Waals surface area (Å²) >= 11 is 0. The summed E-state index contributed by atoms with van der Waals surface area (Å²) in [6.07, 6.45) is 7.25. The molecular weight excluding hydrogens is 308 g/mol. The molecule has 126 valence electrons. The summed E-state index contributed by atoms with van der Waals surface area (Å²) in [5.74, 6) is -0.981.